The molecule has 5 rings (SSSR count). The maximum Gasteiger partial charge on any atom is 0.237 e. The van der Waals surface area contributed by atoms with Crippen LogP contribution in [0.3, 0.4) is 0 Å². The Morgan fingerprint density at radius 2 is 1.85 bits per heavy atom. The van der Waals surface area contributed by atoms with Crippen LogP contribution in [0, 0.1) is 23.8 Å². The maximum atomic E-state index is 14.9. The van der Waals surface area contributed by atoms with Crippen LogP contribution in [0.15, 0.2) is 30.3 Å². The molecule has 2 unspecified atom stereocenters. The summed E-state index contributed by atoms with van der Waals surface area (Å²) < 4.78 is 28.6. The maximum absolute atomic E-state index is 14.9. The van der Waals surface area contributed by atoms with E-state index in [-0.39, 0.29) is 22.5 Å². The second-order valence-corrected chi connectivity index (χ2v) is 13.0. The van der Waals surface area contributed by atoms with Crippen molar-refractivity contribution in [3.63, 3.8) is 0 Å². The van der Waals surface area contributed by atoms with Crippen LogP contribution in [-0.4, -0.2) is 66.7 Å². The van der Waals surface area contributed by atoms with Gasteiger partial charge in [0.1, 0.15) is 17.7 Å². The van der Waals surface area contributed by atoms with Gasteiger partial charge in [0.15, 0.2) is 0 Å². The van der Waals surface area contributed by atoms with Gasteiger partial charge in [0.2, 0.25) is 5.91 Å². The number of nitrogens with one attached hydrogen (secondary N) is 1. The molecule has 3 atom stereocenters. The first kappa shape index (κ1) is 29.4. The zero-order valence-corrected chi connectivity index (χ0v) is 24.5. The number of piperidine rings is 1. The molecule has 2 saturated heterocycles. The summed E-state index contributed by atoms with van der Waals surface area (Å²) in [4.78, 5) is 18.0. The lowest BCUT2D eigenvalue weighted by Gasteiger charge is -2.45. The van der Waals surface area contributed by atoms with Gasteiger partial charge in [-0.3, -0.25) is 14.9 Å². The van der Waals surface area contributed by atoms with E-state index >= 15 is 0 Å². The molecule has 218 valence electrons. The topological polar surface area (TPSA) is 80.3 Å². The van der Waals surface area contributed by atoms with E-state index in [0.29, 0.717) is 69.1 Å². The first-order chi connectivity index (χ1) is 18.9. The Morgan fingerprint density at radius 3 is 2.48 bits per heavy atom. The number of benzene rings is 2. The van der Waals surface area contributed by atoms with E-state index in [1.54, 1.807) is 0 Å². The van der Waals surface area contributed by atoms with Gasteiger partial charge in [-0.1, -0.05) is 17.7 Å². The number of rotatable bonds is 6. The van der Waals surface area contributed by atoms with E-state index in [9.17, 15) is 18.8 Å². The Hall–Kier alpha value is -2.14. The highest BCUT2D eigenvalue weighted by atomic mass is 35.5. The van der Waals surface area contributed by atoms with E-state index in [2.05, 4.69) is 25.7 Å². The molecule has 0 saturated carbocycles. The number of anilines is 1. The Kier molecular flexibility index (Phi) is 8.02. The highest BCUT2D eigenvalue weighted by molar-refractivity contribution is 6.31. The van der Waals surface area contributed by atoms with Crippen molar-refractivity contribution in [1.82, 2.24) is 9.91 Å². The van der Waals surface area contributed by atoms with Crippen molar-refractivity contribution in [2.75, 3.05) is 44.2 Å². The van der Waals surface area contributed by atoms with Crippen molar-refractivity contribution in [3.05, 3.63) is 68.9 Å². The fourth-order valence-corrected chi connectivity index (χ4v) is 6.94. The van der Waals surface area contributed by atoms with Crippen LogP contribution in [0.4, 0.5) is 14.5 Å². The lowest BCUT2D eigenvalue weighted by molar-refractivity contribution is -0.995. The molecule has 40 heavy (non-hydrogen) atoms. The number of halogens is 3. The lowest BCUT2D eigenvalue weighted by Crippen LogP contribution is -3.18. The third-order valence-corrected chi connectivity index (χ3v) is 9.61. The number of carbonyl (C=O) groups is 1. The van der Waals surface area contributed by atoms with Crippen LogP contribution in [0.2, 0.25) is 5.02 Å². The number of hydrogen-bond acceptors (Lipinski definition) is 5. The molecular formula is C30H40ClF2N5O2. The molecule has 3 aliphatic heterocycles. The summed E-state index contributed by atoms with van der Waals surface area (Å²) in [7, 11) is 0. The van der Waals surface area contributed by atoms with E-state index in [1.807, 2.05) is 29.0 Å². The molecule has 0 bridgehead atoms. The van der Waals surface area contributed by atoms with Crippen molar-refractivity contribution in [2.45, 2.75) is 69.9 Å². The second kappa shape index (κ2) is 10.9. The molecule has 0 radical (unpaired) electrons. The van der Waals surface area contributed by atoms with Gasteiger partial charge < -0.3 is 15.8 Å². The number of carbonyl (C=O) groups excluding carboxylic acids is 1. The summed E-state index contributed by atoms with van der Waals surface area (Å²) in [6, 6.07) is 7.08. The zero-order valence-electron chi connectivity index (χ0n) is 23.8. The highest BCUT2D eigenvalue weighted by Gasteiger charge is 2.54. The van der Waals surface area contributed by atoms with Gasteiger partial charge >= 0.3 is 0 Å². The monoisotopic (exact) mass is 575 g/mol. The number of amides is 1. The fourth-order valence-electron chi connectivity index (χ4n) is 6.77. The second-order valence-electron chi connectivity index (χ2n) is 12.6. The van der Waals surface area contributed by atoms with Crippen LogP contribution >= 0.6 is 11.6 Å². The first-order valence-electron chi connectivity index (χ1n) is 14.2. The predicted octanol–water partition coefficient (Wildman–Crippen LogP) is 3.52. The van der Waals surface area contributed by atoms with Crippen LogP contribution < -0.4 is 15.8 Å². The number of aryl methyl sites for hydroxylation is 1. The molecule has 2 fully saturated rings. The summed E-state index contributed by atoms with van der Waals surface area (Å²) in [5.74, 6) is -1.58. The number of fused-ring (bicyclic) bond motifs is 2. The van der Waals surface area contributed by atoms with Crippen molar-refractivity contribution >= 4 is 23.2 Å². The Morgan fingerprint density at radius 1 is 1.15 bits per heavy atom. The minimum atomic E-state index is -0.729. The SMILES string of the molecule is Cc1cc2c(cc1Cl)C1(CCN([NH+]([O-])[C@@H]3CN(C(C)(C)C)CC3c3ccc(F)cc3F)CC1)C(=O)N2CCCN. The van der Waals surface area contributed by atoms with Gasteiger partial charge in [-0.25, -0.2) is 8.78 Å². The quantitative estimate of drug-likeness (QED) is 0.515. The van der Waals surface area contributed by atoms with Gasteiger partial charge in [-0.15, -0.1) is 0 Å². The molecule has 2 aromatic rings. The molecular weight excluding hydrogens is 536 g/mol. The number of quaternary nitrogens is 1. The molecule has 7 nitrogen and oxygen atoms in total. The smallest absolute Gasteiger partial charge is 0.237 e. The normalized spacial score (nSPS) is 24.2. The van der Waals surface area contributed by atoms with Crippen molar-refractivity contribution in [3.8, 4) is 0 Å². The number of hydroxylamine groups is 1. The van der Waals surface area contributed by atoms with E-state index in [1.165, 1.54) is 12.1 Å². The van der Waals surface area contributed by atoms with Crippen molar-refractivity contribution < 1.29 is 18.7 Å². The third kappa shape index (κ3) is 5.05. The van der Waals surface area contributed by atoms with E-state index in [0.717, 1.165) is 22.9 Å². The highest BCUT2D eigenvalue weighted by Crippen LogP contribution is 2.49. The average molecular weight is 576 g/mol. The van der Waals surface area contributed by atoms with Crippen LogP contribution in [0.5, 0.6) is 0 Å². The molecule has 3 aliphatic rings. The number of nitrogens with zero attached hydrogens (tertiary/aromatic N) is 3. The van der Waals surface area contributed by atoms with Gasteiger partial charge in [-0.05, 0) is 88.4 Å². The predicted molar refractivity (Wildman–Crippen MR) is 153 cm³/mol. The van der Waals surface area contributed by atoms with E-state index < -0.39 is 23.1 Å². The largest absolute Gasteiger partial charge is 0.613 e. The number of nitrogens with two attached hydrogens (primary N) is 1. The average Bonchev–Trinajstić information content (AvgIpc) is 3.43. The van der Waals surface area contributed by atoms with Gasteiger partial charge in [0.25, 0.3) is 0 Å². The lowest BCUT2D eigenvalue weighted by atomic mass is 9.73. The minimum absolute atomic E-state index is 0.0390. The molecule has 1 amide bonds. The summed E-state index contributed by atoms with van der Waals surface area (Å²) in [5.41, 5.74) is 7.95. The van der Waals surface area contributed by atoms with Gasteiger partial charge in [0.05, 0.1) is 17.9 Å². The Bertz CT molecular complexity index is 1280. The first-order valence-corrected chi connectivity index (χ1v) is 14.6. The summed E-state index contributed by atoms with van der Waals surface area (Å²) in [6.07, 6.45) is 1.68. The van der Waals surface area contributed by atoms with Crippen LogP contribution in [-0.2, 0) is 10.2 Å². The zero-order chi connectivity index (χ0) is 29.0. The molecule has 1 spiro atoms. The van der Waals surface area contributed by atoms with Crippen molar-refractivity contribution in [2.24, 2.45) is 5.73 Å². The number of likely N-dealkylation sites (tertiary alicyclic amines) is 1. The van der Waals surface area contributed by atoms with Crippen LogP contribution in [0.25, 0.3) is 0 Å². The molecule has 10 heteroatoms. The summed E-state index contributed by atoms with van der Waals surface area (Å²) >= 11 is 6.53. The van der Waals surface area contributed by atoms with Crippen LogP contribution in [0.1, 0.15) is 62.6 Å². The molecule has 0 aliphatic carbocycles. The Balaban J connectivity index is 1.40. The van der Waals surface area contributed by atoms with Crippen molar-refractivity contribution in [1.29, 1.82) is 0 Å². The standard InChI is InChI=1S/C30H40ClF2N5O2/c1-19-14-26-23(16-24(19)31)30(28(39)37(26)11-5-10-34)8-12-36(13-9-30)38(40)27-18-35(29(2,3)4)17-22(27)21-7-6-20(32)15-25(21)33/h6-7,14-16,22,27,38H,5,8-13,17-18,34H2,1-4H3/t22?,27-/m1/s1. The third-order valence-electron chi connectivity index (χ3n) is 9.20. The molecule has 0 aromatic heterocycles. The fraction of sp³-hybridized carbons (Fsp3) is 0.567. The molecule has 3 heterocycles. The molecule has 3 N–H and O–H groups in total. The van der Waals surface area contributed by atoms with E-state index in [4.69, 9.17) is 17.3 Å². The van der Waals surface area contributed by atoms with Gasteiger partial charge in [0, 0.05) is 48.5 Å². The summed E-state index contributed by atoms with van der Waals surface area (Å²) in [5, 5.41) is 16.5. The number of hydrogen-bond donors (Lipinski definition) is 2. The summed E-state index contributed by atoms with van der Waals surface area (Å²) in [6.45, 7) is 11.1. The Labute approximate surface area is 240 Å². The molecule has 2 aromatic carbocycles. The van der Waals surface area contributed by atoms with Gasteiger partial charge in [-0.2, -0.15) is 5.01 Å². The minimum Gasteiger partial charge on any atom is -0.613 e.